The van der Waals surface area contributed by atoms with Crippen LogP contribution in [0.25, 0.3) is 0 Å². The molecule has 1 rings (SSSR count). The quantitative estimate of drug-likeness (QED) is 0.573. The second kappa shape index (κ2) is 5.48. The molecule has 0 saturated heterocycles. The van der Waals surface area contributed by atoms with Crippen LogP contribution in [0, 0.1) is 17.8 Å². The van der Waals surface area contributed by atoms with Gasteiger partial charge in [-0.3, -0.25) is 11.3 Å². The topological polar surface area (TPSA) is 47.3 Å². The molecule has 0 heterocycles. The minimum absolute atomic E-state index is 0.195. The molecule has 3 nitrogen and oxygen atoms in total. The molecular weight excluding hydrogens is 200 g/mol. The standard InChI is InChI=1S/C13H28N2O/c1-9-6-7-11(8-10(9)2)12(15-14)13(3,4)16-5/h9-12,15H,6-8,14H2,1-5H3. The van der Waals surface area contributed by atoms with E-state index < -0.39 is 0 Å². The summed E-state index contributed by atoms with van der Waals surface area (Å²) in [5, 5.41) is 0. The lowest BCUT2D eigenvalue weighted by Gasteiger charge is -2.42. The molecule has 0 radical (unpaired) electrons. The van der Waals surface area contributed by atoms with Crippen molar-refractivity contribution in [3.8, 4) is 0 Å². The van der Waals surface area contributed by atoms with Crippen LogP contribution >= 0.6 is 0 Å². The maximum Gasteiger partial charge on any atom is 0.0791 e. The number of nitrogens with one attached hydrogen (secondary N) is 1. The molecule has 0 amide bonds. The first-order valence-electron chi connectivity index (χ1n) is 6.43. The number of hydrazine groups is 1. The highest BCUT2D eigenvalue weighted by molar-refractivity contribution is 4.92. The molecule has 3 N–H and O–H groups in total. The molecule has 1 fully saturated rings. The molecule has 4 unspecified atom stereocenters. The Kier molecular flexibility index (Phi) is 4.77. The molecule has 0 aromatic heterocycles. The average Bonchev–Trinajstić information content (AvgIpc) is 2.24. The van der Waals surface area contributed by atoms with E-state index in [-0.39, 0.29) is 11.6 Å². The smallest absolute Gasteiger partial charge is 0.0791 e. The maximum absolute atomic E-state index is 5.72. The van der Waals surface area contributed by atoms with E-state index in [1.807, 2.05) is 0 Å². The van der Waals surface area contributed by atoms with Crippen molar-refractivity contribution in [3.05, 3.63) is 0 Å². The van der Waals surface area contributed by atoms with Gasteiger partial charge >= 0.3 is 0 Å². The molecule has 1 saturated carbocycles. The van der Waals surface area contributed by atoms with Gasteiger partial charge in [0, 0.05) is 7.11 Å². The van der Waals surface area contributed by atoms with Gasteiger partial charge in [0.15, 0.2) is 0 Å². The zero-order chi connectivity index (χ0) is 12.3. The fourth-order valence-corrected chi connectivity index (χ4v) is 2.92. The van der Waals surface area contributed by atoms with E-state index in [1.54, 1.807) is 7.11 Å². The Morgan fingerprint density at radius 1 is 1.25 bits per heavy atom. The molecule has 16 heavy (non-hydrogen) atoms. The Morgan fingerprint density at radius 2 is 1.88 bits per heavy atom. The predicted molar refractivity (Wildman–Crippen MR) is 67.9 cm³/mol. The summed E-state index contributed by atoms with van der Waals surface area (Å²) in [7, 11) is 1.76. The maximum atomic E-state index is 5.72. The van der Waals surface area contributed by atoms with E-state index in [4.69, 9.17) is 10.6 Å². The Hall–Kier alpha value is -0.120. The zero-order valence-corrected chi connectivity index (χ0v) is 11.4. The molecule has 1 aliphatic carbocycles. The average molecular weight is 228 g/mol. The van der Waals surface area contributed by atoms with Crippen LogP contribution in [0.2, 0.25) is 0 Å². The van der Waals surface area contributed by atoms with Crippen molar-refractivity contribution < 1.29 is 4.74 Å². The first kappa shape index (κ1) is 13.9. The SMILES string of the molecule is COC(C)(C)C(NN)C1CCC(C)C(C)C1. The van der Waals surface area contributed by atoms with Crippen LogP contribution in [0.3, 0.4) is 0 Å². The molecule has 3 heteroatoms. The predicted octanol–water partition coefficient (Wildman–Crippen LogP) is 2.32. The lowest BCUT2D eigenvalue weighted by molar-refractivity contribution is -0.0387. The first-order valence-corrected chi connectivity index (χ1v) is 6.43. The van der Waals surface area contributed by atoms with Gasteiger partial charge in [0.25, 0.3) is 0 Å². The van der Waals surface area contributed by atoms with Gasteiger partial charge in [0.05, 0.1) is 11.6 Å². The summed E-state index contributed by atoms with van der Waals surface area (Å²) < 4.78 is 5.56. The van der Waals surface area contributed by atoms with E-state index >= 15 is 0 Å². The van der Waals surface area contributed by atoms with E-state index in [9.17, 15) is 0 Å². The van der Waals surface area contributed by atoms with Gasteiger partial charge in [-0.15, -0.1) is 0 Å². The summed E-state index contributed by atoms with van der Waals surface area (Å²) in [5.74, 6) is 7.99. The van der Waals surface area contributed by atoms with Crippen LogP contribution in [0.5, 0.6) is 0 Å². The fraction of sp³-hybridized carbons (Fsp3) is 1.00. The second-order valence-electron chi connectivity index (χ2n) is 5.98. The molecular formula is C13H28N2O. The van der Waals surface area contributed by atoms with Crippen molar-refractivity contribution in [1.82, 2.24) is 5.43 Å². The van der Waals surface area contributed by atoms with Gasteiger partial charge in [-0.2, -0.15) is 0 Å². The van der Waals surface area contributed by atoms with Crippen LogP contribution in [0.1, 0.15) is 47.0 Å². The van der Waals surface area contributed by atoms with Crippen molar-refractivity contribution in [2.45, 2.75) is 58.6 Å². The molecule has 96 valence electrons. The van der Waals surface area contributed by atoms with Crippen LogP contribution < -0.4 is 11.3 Å². The van der Waals surface area contributed by atoms with Crippen LogP contribution in [0.4, 0.5) is 0 Å². The highest BCUT2D eigenvalue weighted by Crippen LogP contribution is 2.37. The van der Waals surface area contributed by atoms with Gasteiger partial charge < -0.3 is 4.74 Å². The Balaban J connectivity index is 2.67. The monoisotopic (exact) mass is 228 g/mol. The van der Waals surface area contributed by atoms with Crippen LogP contribution in [-0.4, -0.2) is 18.8 Å². The Bertz CT molecular complexity index is 218. The third kappa shape index (κ3) is 2.96. The number of nitrogens with two attached hydrogens (primary N) is 1. The van der Waals surface area contributed by atoms with Crippen molar-refractivity contribution in [1.29, 1.82) is 0 Å². The largest absolute Gasteiger partial charge is 0.377 e. The molecule has 1 aliphatic rings. The van der Waals surface area contributed by atoms with Crippen molar-refractivity contribution in [2.24, 2.45) is 23.6 Å². The minimum atomic E-state index is -0.195. The van der Waals surface area contributed by atoms with Crippen molar-refractivity contribution >= 4 is 0 Å². The zero-order valence-electron chi connectivity index (χ0n) is 11.4. The summed E-state index contributed by atoms with van der Waals surface area (Å²) >= 11 is 0. The Labute approximate surface area is 100 Å². The summed E-state index contributed by atoms with van der Waals surface area (Å²) in [6.45, 7) is 8.93. The summed E-state index contributed by atoms with van der Waals surface area (Å²) in [6, 6.07) is 0.243. The van der Waals surface area contributed by atoms with E-state index in [2.05, 4.69) is 33.1 Å². The van der Waals surface area contributed by atoms with Gasteiger partial charge in [-0.05, 0) is 44.4 Å². The lowest BCUT2D eigenvalue weighted by Crippen LogP contribution is -2.56. The van der Waals surface area contributed by atoms with Gasteiger partial charge in [-0.1, -0.05) is 20.3 Å². The number of ether oxygens (including phenoxy) is 1. The number of methoxy groups -OCH3 is 1. The molecule has 4 atom stereocenters. The third-order valence-electron chi connectivity index (χ3n) is 4.56. The normalized spacial score (nSPS) is 33.8. The van der Waals surface area contributed by atoms with E-state index in [0.717, 1.165) is 11.8 Å². The molecule has 0 aromatic rings. The van der Waals surface area contributed by atoms with Crippen molar-refractivity contribution in [3.63, 3.8) is 0 Å². The van der Waals surface area contributed by atoms with E-state index in [1.165, 1.54) is 19.3 Å². The first-order chi connectivity index (χ1) is 7.42. The molecule has 0 bridgehead atoms. The minimum Gasteiger partial charge on any atom is -0.377 e. The van der Waals surface area contributed by atoms with Gasteiger partial charge in [-0.25, -0.2) is 0 Å². The van der Waals surface area contributed by atoms with E-state index in [0.29, 0.717) is 5.92 Å². The number of hydrogen-bond donors (Lipinski definition) is 2. The molecule has 0 aromatic carbocycles. The third-order valence-corrected chi connectivity index (χ3v) is 4.56. The molecule has 0 spiro atoms. The van der Waals surface area contributed by atoms with Gasteiger partial charge in [0.2, 0.25) is 0 Å². The number of rotatable bonds is 4. The highest BCUT2D eigenvalue weighted by atomic mass is 16.5. The summed E-state index contributed by atoms with van der Waals surface area (Å²) in [5.41, 5.74) is 2.78. The molecule has 0 aliphatic heterocycles. The van der Waals surface area contributed by atoms with Crippen LogP contribution in [0.15, 0.2) is 0 Å². The second-order valence-corrected chi connectivity index (χ2v) is 5.98. The highest BCUT2D eigenvalue weighted by Gasteiger charge is 2.38. The van der Waals surface area contributed by atoms with Crippen LogP contribution in [-0.2, 0) is 4.74 Å². The number of hydrogen-bond acceptors (Lipinski definition) is 3. The summed E-state index contributed by atoms with van der Waals surface area (Å²) in [4.78, 5) is 0. The summed E-state index contributed by atoms with van der Waals surface area (Å²) in [6.07, 6.45) is 3.82. The lowest BCUT2D eigenvalue weighted by atomic mass is 9.70. The Morgan fingerprint density at radius 3 is 2.31 bits per heavy atom. The fourth-order valence-electron chi connectivity index (χ4n) is 2.92. The van der Waals surface area contributed by atoms with Gasteiger partial charge in [0.1, 0.15) is 0 Å². The van der Waals surface area contributed by atoms with Crippen molar-refractivity contribution in [2.75, 3.05) is 7.11 Å².